The van der Waals surface area contributed by atoms with Gasteiger partial charge in [-0.3, -0.25) is 0 Å². The van der Waals surface area contributed by atoms with Crippen molar-refractivity contribution in [2.45, 2.75) is 12.1 Å². The smallest absolute Gasteiger partial charge is 0.407 e. The fraction of sp³-hybridized carbons (Fsp3) is 0.800. The van der Waals surface area contributed by atoms with Crippen molar-refractivity contribution in [1.82, 2.24) is 5.32 Å². The number of amides is 1. The van der Waals surface area contributed by atoms with Crippen molar-refractivity contribution < 1.29 is 14.6 Å². The molecule has 0 aliphatic carbocycles. The second kappa shape index (κ2) is 3.38. The molecule has 0 radical (unpaired) electrons. The molecule has 4 nitrogen and oxygen atoms in total. The normalized spacial score (nSPS) is 31.6. The van der Waals surface area contributed by atoms with Crippen LogP contribution in [0.1, 0.15) is 0 Å². The van der Waals surface area contributed by atoms with Crippen LogP contribution < -0.4 is 5.32 Å². The predicted octanol–water partition coefficient (Wildman–Crippen LogP) is -0.109. The number of ether oxygens (including phenoxy) is 1. The second-order valence-corrected chi connectivity index (χ2v) is 2.91. The molecule has 5 heteroatoms. The van der Waals surface area contributed by atoms with Gasteiger partial charge in [0.15, 0.2) is 0 Å². The van der Waals surface area contributed by atoms with Crippen LogP contribution in [-0.4, -0.2) is 34.4 Å². The highest BCUT2D eigenvalue weighted by Gasteiger charge is 2.32. The van der Waals surface area contributed by atoms with Crippen molar-refractivity contribution in [3.8, 4) is 0 Å². The fourth-order valence-corrected chi connectivity index (χ4v) is 1.59. The lowest BCUT2D eigenvalue weighted by Gasteiger charge is -2.09. The van der Waals surface area contributed by atoms with Crippen molar-refractivity contribution in [2.75, 3.05) is 11.0 Å². The Labute approximate surface area is 72.1 Å². The number of alkyl halides is 1. The number of carbonyl (C=O) groups excluding carboxylic acids is 1. The van der Waals surface area contributed by atoms with Gasteiger partial charge >= 0.3 is 6.09 Å². The average Bonchev–Trinajstić information content (AvgIpc) is 2.30. The number of aliphatic hydroxyl groups is 1. The maximum absolute atomic E-state index is 10.5. The number of nitrogens with one attached hydrogen (secondary N) is 1. The summed E-state index contributed by atoms with van der Waals surface area (Å²) in [7, 11) is 0. The third-order valence-corrected chi connectivity index (χ3v) is 2.23. The van der Waals surface area contributed by atoms with Gasteiger partial charge in [-0.25, -0.2) is 4.79 Å². The molecule has 1 saturated heterocycles. The van der Waals surface area contributed by atoms with Crippen molar-refractivity contribution in [3.05, 3.63) is 0 Å². The molecule has 2 unspecified atom stereocenters. The minimum atomic E-state index is -0.430. The Balaban J connectivity index is 2.48. The third kappa shape index (κ3) is 1.51. The fourth-order valence-electron chi connectivity index (χ4n) is 0.800. The van der Waals surface area contributed by atoms with Crippen LogP contribution in [0.5, 0.6) is 0 Å². The first kappa shape index (κ1) is 8.06. The maximum Gasteiger partial charge on any atom is 0.407 e. The highest BCUT2D eigenvalue weighted by molar-refractivity contribution is 14.1. The first-order chi connectivity index (χ1) is 4.77. The standard InChI is InChI=1S/C5H8INO3/c6-1-4-3(2-8)7-5(9)10-4/h3-4,8H,1-2H2,(H,7,9). The molecule has 1 amide bonds. The minimum Gasteiger partial charge on any atom is -0.443 e. The molecule has 1 heterocycles. The summed E-state index contributed by atoms with van der Waals surface area (Å²) in [4.78, 5) is 10.5. The van der Waals surface area contributed by atoms with E-state index in [4.69, 9.17) is 9.84 Å². The lowest BCUT2D eigenvalue weighted by Crippen LogP contribution is -2.35. The number of hydrogen-bond acceptors (Lipinski definition) is 3. The molecular formula is C5H8INO3. The Morgan fingerprint density at radius 1 is 1.80 bits per heavy atom. The van der Waals surface area contributed by atoms with Crippen molar-refractivity contribution in [1.29, 1.82) is 0 Å². The average molecular weight is 257 g/mol. The van der Waals surface area contributed by atoms with E-state index in [0.717, 1.165) is 0 Å². The first-order valence-electron chi connectivity index (χ1n) is 2.92. The van der Waals surface area contributed by atoms with E-state index in [-0.39, 0.29) is 18.8 Å². The Bertz CT molecular complexity index is 127. The highest BCUT2D eigenvalue weighted by atomic mass is 127. The van der Waals surface area contributed by atoms with Crippen LogP contribution in [0.2, 0.25) is 0 Å². The van der Waals surface area contributed by atoms with Crippen molar-refractivity contribution >= 4 is 28.7 Å². The van der Waals surface area contributed by atoms with Gasteiger partial charge in [-0.15, -0.1) is 0 Å². The maximum atomic E-state index is 10.5. The van der Waals surface area contributed by atoms with Crippen LogP contribution in [0.3, 0.4) is 0 Å². The summed E-state index contributed by atoms with van der Waals surface area (Å²) < 4.78 is 5.51. The van der Waals surface area contributed by atoms with Gasteiger partial charge in [0, 0.05) is 4.43 Å². The van der Waals surface area contributed by atoms with Crippen LogP contribution in [0.4, 0.5) is 4.79 Å². The lowest BCUT2D eigenvalue weighted by molar-refractivity contribution is 0.133. The van der Waals surface area contributed by atoms with Crippen LogP contribution >= 0.6 is 22.6 Å². The van der Waals surface area contributed by atoms with E-state index in [9.17, 15) is 4.79 Å². The SMILES string of the molecule is O=C1NC(CO)C(CI)O1. The van der Waals surface area contributed by atoms with Crippen LogP contribution in [0.15, 0.2) is 0 Å². The van der Waals surface area contributed by atoms with Crippen LogP contribution in [0.25, 0.3) is 0 Å². The highest BCUT2D eigenvalue weighted by Crippen LogP contribution is 2.10. The summed E-state index contributed by atoms with van der Waals surface area (Å²) >= 11 is 2.11. The Hall–Kier alpha value is -0.0400. The second-order valence-electron chi connectivity index (χ2n) is 2.03. The van der Waals surface area contributed by atoms with Gasteiger partial charge in [-0.1, -0.05) is 22.6 Å². The molecule has 0 aromatic carbocycles. The topological polar surface area (TPSA) is 58.6 Å². The van der Waals surface area contributed by atoms with E-state index < -0.39 is 6.09 Å². The molecule has 0 aromatic heterocycles. The summed E-state index contributed by atoms with van der Waals surface area (Å²) in [5.74, 6) is 0. The van der Waals surface area contributed by atoms with Gasteiger partial charge < -0.3 is 15.2 Å². The molecule has 0 bridgehead atoms. The Kier molecular flexibility index (Phi) is 2.72. The number of rotatable bonds is 2. The molecule has 58 valence electrons. The van der Waals surface area contributed by atoms with Gasteiger partial charge in [0.05, 0.1) is 12.6 Å². The van der Waals surface area contributed by atoms with E-state index in [1.165, 1.54) is 0 Å². The molecule has 2 N–H and O–H groups in total. The summed E-state index contributed by atoms with van der Waals surface area (Å²) in [6, 6.07) is -0.218. The van der Waals surface area contributed by atoms with Gasteiger partial charge in [0.25, 0.3) is 0 Å². The molecule has 0 aromatic rings. The molecule has 2 atom stereocenters. The predicted molar refractivity (Wildman–Crippen MR) is 43.2 cm³/mol. The lowest BCUT2D eigenvalue weighted by atomic mass is 10.2. The van der Waals surface area contributed by atoms with E-state index in [0.29, 0.717) is 4.43 Å². The third-order valence-electron chi connectivity index (χ3n) is 1.36. The summed E-state index contributed by atoms with van der Waals surface area (Å²) in [5.41, 5.74) is 0. The Morgan fingerprint density at radius 2 is 2.50 bits per heavy atom. The molecule has 0 spiro atoms. The monoisotopic (exact) mass is 257 g/mol. The zero-order valence-electron chi connectivity index (χ0n) is 5.21. The number of hydrogen-bond donors (Lipinski definition) is 2. The molecule has 1 aliphatic heterocycles. The van der Waals surface area contributed by atoms with Crippen LogP contribution in [-0.2, 0) is 4.74 Å². The first-order valence-corrected chi connectivity index (χ1v) is 4.44. The summed E-state index contributed by atoms with van der Waals surface area (Å²) in [6.45, 7) is -0.0561. The molecule has 0 saturated carbocycles. The summed E-state index contributed by atoms with van der Waals surface area (Å²) in [5, 5.41) is 11.2. The van der Waals surface area contributed by atoms with E-state index in [2.05, 4.69) is 27.9 Å². The molecule has 1 aliphatic rings. The van der Waals surface area contributed by atoms with Crippen molar-refractivity contribution in [2.24, 2.45) is 0 Å². The van der Waals surface area contributed by atoms with Crippen molar-refractivity contribution in [3.63, 3.8) is 0 Å². The molecular weight excluding hydrogens is 249 g/mol. The van der Waals surface area contributed by atoms with E-state index >= 15 is 0 Å². The van der Waals surface area contributed by atoms with E-state index in [1.54, 1.807) is 0 Å². The van der Waals surface area contributed by atoms with Crippen LogP contribution in [0, 0.1) is 0 Å². The van der Waals surface area contributed by atoms with Gasteiger partial charge in [0.2, 0.25) is 0 Å². The van der Waals surface area contributed by atoms with E-state index in [1.807, 2.05) is 0 Å². The number of aliphatic hydroxyl groups excluding tert-OH is 1. The minimum absolute atomic E-state index is 0.0561. The summed E-state index contributed by atoms with van der Waals surface area (Å²) in [6.07, 6.45) is -0.598. The Morgan fingerprint density at radius 3 is 2.90 bits per heavy atom. The largest absolute Gasteiger partial charge is 0.443 e. The van der Waals surface area contributed by atoms with Gasteiger partial charge in [-0.05, 0) is 0 Å². The molecule has 1 fully saturated rings. The number of halogens is 1. The van der Waals surface area contributed by atoms with Gasteiger partial charge in [0.1, 0.15) is 6.10 Å². The quantitative estimate of drug-likeness (QED) is 0.536. The number of alkyl carbamates (subject to hydrolysis) is 1. The molecule has 1 rings (SSSR count). The zero-order valence-corrected chi connectivity index (χ0v) is 7.37. The zero-order chi connectivity index (χ0) is 7.56. The number of carbonyl (C=O) groups is 1. The van der Waals surface area contributed by atoms with Gasteiger partial charge in [-0.2, -0.15) is 0 Å². The molecule has 10 heavy (non-hydrogen) atoms. The number of cyclic esters (lactones) is 1.